The molecule has 15 nitrogen and oxygen atoms in total. The van der Waals surface area contributed by atoms with E-state index < -0.39 is 23.0 Å². The Labute approximate surface area is 238 Å². The van der Waals surface area contributed by atoms with Gasteiger partial charge in [0.05, 0.1) is 64.5 Å². The van der Waals surface area contributed by atoms with E-state index in [0.717, 1.165) is 0 Å². The number of nitrogens with zero attached hydrogens (tertiary/aromatic N) is 4. The Morgan fingerprint density at radius 1 is 0.952 bits per heavy atom. The highest BCUT2D eigenvalue weighted by molar-refractivity contribution is 5.99. The second-order valence-corrected chi connectivity index (χ2v) is 8.37. The van der Waals surface area contributed by atoms with Crippen molar-refractivity contribution in [2.75, 3.05) is 25.1 Å². The molecule has 0 aliphatic rings. The van der Waals surface area contributed by atoms with E-state index in [1.165, 1.54) is 30.5 Å². The van der Waals surface area contributed by atoms with Gasteiger partial charge in [0, 0.05) is 6.07 Å². The summed E-state index contributed by atoms with van der Waals surface area (Å²) in [6, 6.07) is 8.84. The van der Waals surface area contributed by atoms with Crippen LogP contribution in [0.5, 0.6) is 5.88 Å². The van der Waals surface area contributed by atoms with Crippen LogP contribution in [-0.2, 0) is 20.8 Å². The van der Waals surface area contributed by atoms with Gasteiger partial charge in [-0.3, -0.25) is 15.4 Å². The number of hydrogen-bond donors (Lipinski definition) is 2. The average Bonchev–Trinajstić information content (AvgIpc) is 3.45. The van der Waals surface area contributed by atoms with Crippen LogP contribution in [0.3, 0.4) is 0 Å². The molecule has 0 saturated heterocycles. The maximum absolute atomic E-state index is 12.4. The average molecular weight is 579 g/mol. The summed E-state index contributed by atoms with van der Waals surface area (Å²) >= 11 is 0. The number of para-hydroxylation sites is 1. The number of rotatable bonds is 11. The lowest BCUT2D eigenvalue weighted by Crippen LogP contribution is -2.17. The van der Waals surface area contributed by atoms with Crippen molar-refractivity contribution in [3.05, 3.63) is 69.7 Å². The van der Waals surface area contributed by atoms with Crippen LogP contribution < -0.4 is 10.1 Å². The number of imidazole rings is 1. The fourth-order valence-corrected chi connectivity index (χ4v) is 3.82. The van der Waals surface area contributed by atoms with Gasteiger partial charge in [-0.1, -0.05) is 12.1 Å². The first kappa shape index (κ1) is 29.4. The van der Waals surface area contributed by atoms with E-state index in [9.17, 15) is 24.5 Å². The van der Waals surface area contributed by atoms with Crippen molar-refractivity contribution in [1.29, 1.82) is 0 Å². The second kappa shape index (κ2) is 13.2. The van der Waals surface area contributed by atoms with E-state index >= 15 is 0 Å². The number of benzene rings is 2. The minimum Gasteiger partial charge on any atom is -0.476 e. The number of nitro groups is 1. The zero-order chi connectivity index (χ0) is 30.2. The summed E-state index contributed by atoms with van der Waals surface area (Å²) < 4.78 is 20.7. The van der Waals surface area contributed by atoms with E-state index in [2.05, 4.69) is 25.3 Å². The lowest BCUT2D eigenvalue weighted by molar-refractivity contribution is -0.384. The molecule has 0 bridgehead atoms. The highest BCUT2D eigenvalue weighted by atomic mass is 16.6. The summed E-state index contributed by atoms with van der Waals surface area (Å²) in [6.07, 6.45) is 0.489. The molecule has 0 unspecified atom stereocenters. The summed E-state index contributed by atoms with van der Waals surface area (Å²) in [5.74, 6) is -1.37. The number of nitrogens with one attached hydrogen (secondary N) is 2. The summed E-state index contributed by atoms with van der Waals surface area (Å²) in [5.41, 5.74) is 0.513. The third-order valence-electron chi connectivity index (χ3n) is 5.60. The molecule has 0 saturated carbocycles. The molecular weight excluding hydrogens is 552 g/mol. The van der Waals surface area contributed by atoms with Crippen LogP contribution in [0.25, 0.3) is 22.4 Å². The third-order valence-corrected chi connectivity index (χ3v) is 5.60. The van der Waals surface area contributed by atoms with E-state index in [-0.39, 0.29) is 77.4 Å². The van der Waals surface area contributed by atoms with Crippen molar-refractivity contribution < 1.29 is 38.3 Å². The molecule has 4 aromatic rings. The second-order valence-electron chi connectivity index (χ2n) is 8.37. The van der Waals surface area contributed by atoms with Gasteiger partial charge in [-0.15, -0.1) is 0 Å². The number of carbonyl (C=O) groups is 3. The van der Waals surface area contributed by atoms with Crippen molar-refractivity contribution in [3.63, 3.8) is 0 Å². The molecule has 4 rings (SSSR count). The van der Waals surface area contributed by atoms with Crippen LogP contribution in [-0.4, -0.2) is 62.7 Å². The number of fused-ring (bicyclic) bond motifs is 1. The fraction of sp³-hybridized carbons (Fsp3) is 0.259. The molecule has 2 aromatic heterocycles. The molecule has 0 spiro atoms. The number of amides is 1. The number of anilines is 1. The first-order valence-corrected chi connectivity index (χ1v) is 12.8. The molecule has 0 atom stereocenters. The fourth-order valence-electron chi connectivity index (χ4n) is 3.82. The number of aromatic amines is 1. The topological polar surface area (TPSA) is 198 Å². The van der Waals surface area contributed by atoms with Crippen molar-refractivity contribution >= 4 is 40.4 Å². The van der Waals surface area contributed by atoms with Crippen molar-refractivity contribution in [2.45, 2.75) is 27.4 Å². The molecule has 0 radical (unpaired) electrons. The predicted molar refractivity (Wildman–Crippen MR) is 147 cm³/mol. The Morgan fingerprint density at radius 3 is 2.38 bits per heavy atom. The van der Waals surface area contributed by atoms with Crippen LogP contribution in [0, 0.1) is 10.1 Å². The number of H-pyrrole nitrogens is 1. The van der Waals surface area contributed by atoms with E-state index in [1.54, 1.807) is 32.9 Å². The lowest BCUT2D eigenvalue weighted by atomic mass is 10.1. The Morgan fingerprint density at radius 2 is 1.67 bits per heavy atom. The zero-order valence-corrected chi connectivity index (χ0v) is 22.8. The van der Waals surface area contributed by atoms with E-state index in [4.69, 9.17) is 18.9 Å². The number of esters is 2. The maximum Gasteiger partial charge on any atom is 0.412 e. The normalized spacial score (nSPS) is 10.6. The van der Waals surface area contributed by atoms with Crippen LogP contribution in [0.15, 0.2) is 42.6 Å². The van der Waals surface area contributed by atoms with Gasteiger partial charge in [0.25, 0.3) is 5.69 Å². The van der Waals surface area contributed by atoms with Crippen molar-refractivity contribution in [1.82, 2.24) is 19.9 Å². The van der Waals surface area contributed by atoms with Crippen molar-refractivity contribution in [3.8, 4) is 17.3 Å². The molecule has 15 heteroatoms. The molecule has 2 heterocycles. The first-order valence-electron chi connectivity index (χ1n) is 12.8. The molecule has 2 aromatic carbocycles. The summed E-state index contributed by atoms with van der Waals surface area (Å²) in [5, 5.41) is 14.4. The number of hydrogen-bond acceptors (Lipinski definition) is 12. The highest BCUT2D eigenvalue weighted by Gasteiger charge is 2.24. The van der Waals surface area contributed by atoms with Crippen LogP contribution in [0.4, 0.5) is 16.2 Å². The monoisotopic (exact) mass is 578 g/mol. The Kier molecular flexibility index (Phi) is 9.21. The highest BCUT2D eigenvalue weighted by Crippen LogP contribution is 2.33. The summed E-state index contributed by atoms with van der Waals surface area (Å²) in [7, 11) is 0. The van der Waals surface area contributed by atoms with Gasteiger partial charge < -0.3 is 23.9 Å². The quantitative estimate of drug-likeness (QED) is 0.110. The summed E-state index contributed by atoms with van der Waals surface area (Å²) in [6.45, 7) is 5.17. The number of ether oxygens (including phenoxy) is 4. The van der Waals surface area contributed by atoms with Crippen molar-refractivity contribution in [2.24, 2.45) is 0 Å². The predicted octanol–water partition coefficient (Wildman–Crippen LogP) is 4.43. The minimum atomic E-state index is -0.855. The first-order chi connectivity index (χ1) is 20.2. The van der Waals surface area contributed by atoms with Gasteiger partial charge in [-0.2, -0.15) is 0 Å². The molecular formula is C27H26N6O9. The number of carbonyl (C=O) groups excluding carboxylic acids is 3. The van der Waals surface area contributed by atoms with Gasteiger partial charge in [-0.25, -0.2) is 29.3 Å². The molecule has 0 aliphatic carbocycles. The maximum atomic E-state index is 12.4. The van der Waals surface area contributed by atoms with Gasteiger partial charge in [-0.05, 0) is 39.0 Å². The zero-order valence-electron chi connectivity index (χ0n) is 22.8. The molecule has 1 amide bonds. The molecule has 2 N–H and O–H groups in total. The molecule has 218 valence electrons. The Bertz CT molecular complexity index is 1650. The van der Waals surface area contributed by atoms with Crippen LogP contribution in [0.1, 0.15) is 47.3 Å². The van der Waals surface area contributed by atoms with E-state index in [1.807, 2.05) is 0 Å². The smallest absolute Gasteiger partial charge is 0.412 e. The van der Waals surface area contributed by atoms with Crippen LogP contribution >= 0.6 is 0 Å². The molecule has 0 fully saturated rings. The largest absolute Gasteiger partial charge is 0.476 e. The van der Waals surface area contributed by atoms with Gasteiger partial charge in [0.2, 0.25) is 11.6 Å². The SMILES string of the molecule is CCOC(=O)c1ccccc1NC(=O)OCc1cnc(-c2cc3nc(C(=O)OCC)c(OCC)nc3cc2[N+](=O)[O-])[nH]1. The van der Waals surface area contributed by atoms with Gasteiger partial charge in [0.1, 0.15) is 12.4 Å². The van der Waals surface area contributed by atoms with E-state index in [0.29, 0.717) is 5.69 Å². The van der Waals surface area contributed by atoms with Crippen LogP contribution in [0.2, 0.25) is 0 Å². The molecule has 42 heavy (non-hydrogen) atoms. The number of nitro benzene ring substituents is 1. The van der Waals surface area contributed by atoms with Gasteiger partial charge in [0.15, 0.2) is 0 Å². The lowest BCUT2D eigenvalue weighted by Gasteiger charge is -2.10. The standard InChI is InChI=1S/C27H26N6O9/c1-4-39-24-22(26(35)41-6-3)30-19-11-17(21(33(37)38)12-20(19)31-24)23-28-13-15(29-23)14-42-27(36)32-18-10-8-7-9-16(18)25(34)40-5-2/h7-13H,4-6,14H2,1-3H3,(H,28,29)(H,32,36). The van der Waals surface area contributed by atoms with Gasteiger partial charge >= 0.3 is 18.0 Å². The third kappa shape index (κ3) is 6.57. The molecule has 0 aliphatic heterocycles. The Balaban J connectivity index is 1.57. The summed E-state index contributed by atoms with van der Waals surface area (Å²) in [4.78, 5) is 63.9. The minimum absolute atomic E-state index is 0.0554. The Hall–Kier alpha value is -5.60. The number of aromatic nitrogens is 4.